The molecule has 100 valence electrons. The molecule has 6 nitrogen and oxygen atoms in total. The van der Waals surface area contributed by atoms with E-state index in [9.17, 15) is 4.79 Å². The molecule has 0 aliphatic carbocycles. The maximum absolute atomic E-state index is 11.7. The molecule has 0 aromatic carbocycles. The molecule has 1 N–H and O–H groups in total. The number of rotatable bonds is 5. The summed E-state index contributed by atoms with van der Waals surface area (Å²) in [5.41, 5.74) is 0. The summed E-state index contributed by atoms with van der Waals surface area (Å²) >= 11 is 0. The van der Waals surface area contributed by atoms with Gasteiger partial charge in [-0.1, -0.05) is 0 Å². The number of aromatic nitrogens is 2. The first-order valence-corrected chi connectivity index (χ1v) is 6.31. The Morgan fingerprint density at radius 2 is 2.28 bits per heavy atom. The second kappa shape index (κ2) is 6.51. The third-order valence-corrected chi connectivity index (χ3v) is 2.91. The van der Waals surface area contributed by atoms with Crippen molar-refractivity contribution >= 4 is 5.91 Å². The number of carbonyl (C=O) groups is 1. The number of hydrogen-bond donors (Lipinski definition) is 1. The summed E-state index contributed by atoms with van der Waals surface area (Å²) in [4.78, 5) is 14.1. The first-order valence-electron chi connectivity index (χ1n) is 6.31. The van der Waals surface area contributed by atoms with Crippen molar-refractivity contribution in [3.63, 3.8) is 0 Å². The molecule has 1 aliphatic rings. The van der Waals surface area contributed by atoms with Crippen LogP contribution in [-0.2, 0) is 16.1 Å². The van der Waals surface area contributed by atoms with Crippen LogP contribution in [0.25, 0.3) is 0 Å². The van der Waals surface area contributed by atoms with Crippen LogP contribution in [0.2, 0.25) is 0 Å². The highest BCUT2D eigenvalue weighted by Crippen LogP contribution is 1.98. The van der Waals surface area contributed by atoms with Gasteiger partial charge >= 0.3 is 0 Å². The predicted octanol–water partition coefficient (Wildman–Crippen LogP) is -0.280. The summed E-state index contributed by atoms with van der Waals surface area (Å²) in [5, 5.41) is 6.99. The maximum Gasteiger partial charge on any atom is 0.241 e. The third-order valence-electron chi connectivity index (χ3n) is 2.91. The number of nitrogens with one attached hydrogen (secondary N) is 1. The van der Waals surface area contributed by atoms with E-state index in [1.54, 1.807) is 17.1 Å². The Hall–Kier alpha value is -1.40. The Balaban J connectivity index is 1.69. The highest BCUT2D eigenvalue weighted by molar-refractivity contribution is 5.75. The van der Waals surface area contributed by atoms with Gasteiger partial charge in [-0.3, -0.25) is 14.4 Å². The second-order valence-electron chi connectivity index (χ2n) is 4.59. The fourth-order valence-corrected chi connectivity index (χ4v) is 2.08. The van der Waals surface area contributed by atoms with Crippen LogP contribution in [0.15, 0.2) is 18.5 Å². The topological polar surface area (TPSA) is 59.4 Å². The molecular weight excluding hydrogens is 232 g/mol. The van der Waals surface area contributed by atoms with Gasteiger partial charge in [-0.05, 0) is 13.0 Å². The number of hydrogen-bond acceptors (Lipinski definition) is 4. The summed E-state index contributed by atoms with van der Waals surface area (Å²) in [6, 6.07) is 1.95. The lowest BCUT2D eigenvalue weighted by molar-refractivity contribution is -0.122. The van der Waals surface area contributed by atoms with E-state index in [-0.39, 0.29) is 18.5 Å². The van der Waals surface area contributed by atoms with Gasteiger partial charge in [0.1, 0.15) is 6.54 Å². The molecule has 0 spiro atoms. The smallest absolute Gasteiger partial charge is 0.241 e. The van der Waals surface area contributed by atoms with Crippen molar-refractivity contribution in [2.24, 2.45) is 0 Å². The molecular formula is C12H20N4O2. The minimum atomic E-state index is -0.000501. The van der Waals surface area contributed by atoms with Crippen molar-refractivity contribution in [2.45, 2.75) is 19.5 Å². The van der Waals surface area contributed by atoms with Gasteiger partial charge in [-0.2, -0.15) is 5.10 Å². The summed E-state index contributed by atoms with van der Waals surface area (Å²) in [7, 11) is 0. The zero-order chi connectivity index (χ0) is 12.8. The van der Waals surface area contributed by atoms with Gasteiger partial charge in [-0.15, -0.1) is 0 Å². The number of morpholine rings is 1. The van der Waals surface area contributed by atoms with Gasteiger partial charge in [0.25, 0.3) is 0 Å². The summed E-state index contributed by atoms with van der Waals surface area (Å²) in [6.07, 6.45) is 3.46. The molecule has 1 aromatic rings. The van der Waals surface area contributed by atoms with Crippen LogP contribution in [0.3, 0.4) is 0 Å². The summed E-state index contributed by atoms with van der Waals surface area (Å²) in [5.74, 6) is -0.000501. The standard InChI is InChI=1S/C12H20N4O2/c1-11(9-15-5-7-18-8-6-15)14-12(17)10-16-4-2-3-13-16/h2-4,11H,5-10H2,1H3,(H,14,17)/t11-/m1/s1. The van der Waals surface area contributed by atoms with Crippen LogP contribution in [0, 0.1) is 0 Å². The van der Waals surface area contributed by atoms with Gasteiger partial charge in [-0.25, -0.2) is 0 Å². The van der Waals surface area contributed by atoms with E-state index in [0.717, 1.165) is 32.8 Å². The molecule has 2 rings (SSSR count). The first-order chi connectivity index (χ1) is 8.74. The number of amides is 1. The van der Waals surface area contributed by atoms with Gasteiger partial charge in [0, 0.05) is 38.1 Å². The Morgan fingerprint density at radius 1 is 1.50 bits per heavy atom. The zero-order valence-corrected chi connectivity index (χ0v) is 10.7. The number of ether oxygens (including phenoxy) is 1. The lowest BCUT2D eigenvalue weighted by Crippen LogP contribution is -2.46. The Bertz CT molecular complexity index is 360. The lowest BCUT2D eigenvalue weighted by atomic mass is 10.3. The molecule has 1 amide bonds. The van der Waals surface area contributed by atoms with Crippen LogP contribution in [0.5, 0.6) is 0 Å². The molecule has 6 heteroatoms. The average Bonchev–Trinajstić information content (AvgIpc) is 2.82. The van der Waals surface area contributed by atoms with E-state index in [2.05, 4.69) is 15.3 Å². The quantitative estimate of drug-likeness (QED) is 0.783. The van der Waals surface area contributed by atoms with Crippen LogP contribution < -0.4 is 5.32 Å². The Kier molecular flexibility index (Phi) is 4.72. The molecule has 0 bridgehead atoms. The van der Waals surface area contributed by atoms with Gasteiger partial charge in [0.2, 0.25) is 5.91 Å². The Morgan fingerprint density at radius 3 is 2.94 bits per heavy atom. The van der Waals surface area contributed by atoms with Crippen molar-refractivity contribution in [1.29, 1.82) is 0 Å². The van der Waals surface area contributed by atoms with Gasteiger partial charge in [0.15, 0.2) is 0 Å². The lowest BCUT2D eigenvalue weighted by Gasteiger charge is -2.29. The minimum Gasteiger partial charge on any atom is -0.379 e. The van der Waals surface area contributed by atoms with Gasteiger partial charge in [0.05, 0.1) is 13.2 Å². The van der Waals surface area contributed by atoms with Crippen LogP contribution in [0.1, 0.15) is 6.92 Å². The normalized spacial score (nSPS) is 18.5. The van der Waals surface area contributed by atoms with Crippen LogP contribution >= 0.6 is 0 Å². The highest BCUT2D eigenvalue weighted by atomic mass is 16.5. The molecule has 1 atom stereocenters. The first kappa shape index (κ1) is 13.0. The molecule has 1 aliphatic heterocycles. The summed E-state index contributed by atoms with van der Waals surface area (Å²) < 4.78 is 6.91. The van der Waals surface area contributed by atoms with Crippen molar-refractivity contribution < 1.29 is 9.53 Å². The molecule has 1 saturated heterocycles. The van der Waals surface area contributed by atoms with E-state index in [0.29, 0.717) is 0 Å². The molecule has 1 aromatic heterocycles. The number of nitrogens with zero attached hydrogens (tertiary/aromatic N) is 3. The maximum atomic E-state index is 11.7. The average molecular weight is 252 g/mol. The fourth-order valence-electron chi connectivity index (χ4n) is 2.08. The SMILES string of the molecule is C[C@H](CN1CCOCC1)NC(=O)Cn1cccn1. The molecule has 0 radical (unpaired) electrons. The van der Waals surface area contributed by atoms with E-state index < -0.39 is 0 Å². The third kappa shape index (κ3) is 4.12. The van der Waals surface area contributed by atoms with Crippen molar-refractivity contribution in [2.75, 3.05) is 32.8 Å². The molecule has 1 fully saturated rings. The van der Waals surface area contributed by atoms with Crippen LogP contribution in [0.4, 0.5) is 0 Å². The molecule has 0 saturated carbocycles. The van der Waals surface area contributed by atoms with E-state index >= 15 is 0 Å². The number of carbonyl (C=O) groups excluding carboxylic acids is 1. The van der Waals surface area contributed by atoms with Gasteiger partial charge < -0.3 is 10.1 Å². The Labute approximate surface area is 107 Å². The molecule has 0 unspecified atom stereocenters. The fraction of sp³-hybridized carbons (Fsp3) is 0.667. The zero-order valence-electron chi connectivity index (χ0n) is 10.7. The summed E-state index contributed by atoms with van der Waals surface area (Å²) in [6.45, 7) is 6.63. The minimum absolute atomic E-state index is 0.000501. The van der Waals surface area contributed by atoms with Crippen molar-refractivity contribution in [1.82, 2.24) is 20.0 Å². The van der Waals surface area contributed by atoms with E-state index in [4.69, 9.17) is 4.74 Å². The van der Waals surface area contributed by atoms with E-state index in [1.807, 2.05) is 13.0 Å². The second-order valence-corrected chi connectivity index (χ2v) is 4.59. The monoisotopic (exact) mass is 252 g/mol. The predicted molar refractivity (Wildman–Crippen MR) is 67.1 cm³/mol. The molecule has 2 heterocycles. The van der Waals surface area contributed by atoms with E-state index in [1.165, 1.54) is 0 Å². The highest BCUT2D eigenvalue weighted by Gasteiger charge is 2.15. The van der Waals surface area contributed by atoms with Crippen molar-refractivity contribution in [3.05, 3.63) is 18.5 Å². The molecule has 18 heavy (non-hydrogen) atoms. The largest absolute Gasteiger partial charge is 0.379 e. The van der Waals surface area contributed by atoms with Crippen LogP contribution in [-0.4, -0.2) is 59.5 Å². The van der Waals surface area contributed by atoms with Crippen molar-refractivity contribution in [3.8, 4) is 0 Å².